The average Bonchev–Trinajstić information content (AvgIpc) is 0.790. The zero-order chi connectivity index (χ0) is 66.0. The van der Waals surface area contributed by atoms with Gasteiger partial charge in [-0.3, -0.25) is 0 Å². The Labute approximate surface area is 575 Å². The predicted octanol–water partition coefficient (Wildman–Crippen LogP) is 26.2. The first-order valence-corrected chi connectivity index (χ1v) is 33.5. The number of nitrogens with zero attached hydrogens (tertiary/aromatic N) is 4. The second-order valence-electron chi connectivity index (χ2n) is 24.6. The Bertz CT molecular complexity index is 5270. The molecule has 0 unspecified atom stereocenters. The summed E-state index contributed by atoms with van der Waals surface area (Å²) in [5.74, 6) is 0. The zero-order valence-electron chi connectivity index (χ0n) is 54.9. The van der Waals surface area contributed by atoms with Gasteiger partial charge in [0.25, 0.3) is 0 Å². The molecule has 0 amide bonds. The molecule has 0 spiro atoms. The lowest BCUT2D eigenvalue weighted by Gasteiger charge is -2.27. The molecule has 0 aliphatic heterocycles. The first kappa shape index (κ1) is 61.4. The van der Waals surface area contributed by atoms with Crippen LogP contribution in [0.4, 0.5) is 56.9 Å². The van der Waals surface area contributed by atoms with Crippen LogP contribution in [0.1, 0.15) is 0 Å². The van der Waals surface area contributed by atoms with Crippen LogP contribution in [-0.2, 0) is 0 Å². The fraction of sp³-hybridized carbons (Fsp3) is 0.0213. The smallest absolute Gasteiger partial charge is 0.0540 e. The van der Waals surface area contributed by atoms with Crippen LogP contribution in [0.15, 0.2) is 400 Å². The van der Waals surface area contributed by atoms with Crippen molar-refractivity contribution in [1.82, 2.24) is 0 Å². The Balaban J connectivity index is 0.000000160. The summed E-state index contributed by atoms with van der Waals surface area (Å²) >= 11 is 0. The SMILES string of the molecule is CN(c1ccc(-c2ccc(N(c3ccc(-c4ccccc4)cc3)c3cccc4ccccc34)cc2)cc1)c1cccc(-c2ccccc2)c1.CN(c1ccc(-c2ccccc2)cc1)c1ccc(-c2ccc(N(c3ccc(-c4ccccc4)cc3)c3cccc4ccccc34)cc2)cc1. The molecule has 16 rings (SSSR count). The first-order valence-electron chi connectivity index (χ1n) is 33.5. The number of hydrogen-bond donors (Lipinski definition) is 0. The van der Waals surface area contributed by atoms with Gasteiger partial charge in [-0.25, -0.2) is 0 Å². The van der Waals surface area contributed by atoms with E-state index in [9.17, 15) is 0 Å². The zero-order valence-corrected chi connectivity index (χ0v) is 54.9. The molecule has 0 aliphatic carbocycles. The third kappa shape index (κ3) is 13.4. The summed E-state index contributed by atoms with van der Waals surface area (Å²) in [4.78, 5) is 9.20. The van der Waals surface area contributed by atoms with E-state index in [0.29, 0.717) is 0 Å². The molecule has 4 nitrogen and oxygen atoms in total. The van der Waals surface area contributed by atoms with Crippen LogP contribution >= 0.6 is 0 Å². The molecule has 0 saturated carbocycles. The van der Waals surface area contributed by atoms with Crippen molar-refractivity contribution in [2.45, 2.75) is 0 Å². The molecule has 0 radical (unpaired) electrons. The van der Waals surface area contributed by atoms with Gasteiger partial charge in [0.1, 0.15) is 0 Å². The second-order valence-corrected chi connectivity index (χ2v) is 24.6. The molecule has 0 bridgehead atoms. The van der Waals surface area contributed by atoms with Crippen LogP contribution in [0.3, 0.4) is 0 Å². The summed E-state index contributed by atoms with van der Waals surface area (Å²) in [5, 5.41) is 4.88. The van der Waals surface area contributed by atoms with Gasteiger partial charge in [-0.2, -0.15) is 0 Å². The fourth-order valence-corrected chi connectivity index (χ4v) is 13.2. The Kier molecular flexibility index (Phi) is 17.8. The summed E-state index contributed by atoms with van der Waals surface area (Å²) < 4.78 is 0. The van der Waals surface area contributed by atoms with E-state index in [1.807, 2.05) is 0 Å². The van der Waals surface area contributed by atoms with Gasteiger partial charge in [-0.1, -0.05) is 291 Å². The Morgan fingerprint density at radius 1 is 0.153 bits per heavy atom. The Hall–Kier alpha value is -12.8. The summed E-state index contributed by atoms with van der Waals surface area (Å²) in [5.41, 5.74) is 25.8. The van der Waals surface area contributed by atoms with E-state index in [4.69, 9.17) is 0 Å². The van der Waals surface area contributed by atoms with E-state index in [2.05, 4.69) is 434 Å². The molecule has 0 atom stereocenters. The van der Waals surface area contributed by atoms with Gasteiger partial charge in [-0.05, 0) is 187 Å². The van der Waals surface area contributed by atoms with E-state index in [-0.39, 0.29) is 0 Å². The van der Waals surface area contributed by atoms with E-state index < -0.39 is 0 Å². The number of hydrogen-bond acceptors (Lipinski definition) is 4. The Morgan fingerprint density at radius 3 is 0.673 bits per heavy atom. The number of benzene rings is 16. The maximum atomic E-state index is 2.36. The summed E-state index contributed by atoms with van der Waals surface area (Å²) in [6, 6.07) is 143. The lowest BCUT2D eigenvalue weighted by atomic mass is 10.0. The van der Waals surface area contributed by atoms with Crippen LogP contribution in [0.25, 0.3) is 88.3 Å². The minimum atomic E-state index is 1.11. The molecular weight excluding hydrogens is 1190 g/mol. The molecule has 0 aromatic heterocycles. The molecule has 0 fully saturated rings. The molecule has 0 saturated heterocycles. The monoisotopic (exact) mass is 1260 g/mol. The van der Waals surface area contributed by atoms with Gasteiger partial charge >= 0.3 is 0 Å². The molecule has 0 heterocycles. The van der Waals surface area contributed by atoms with Gasteiger partial charge < -0.3 is 19.6 Å². The maximum absolute atomic E-state index is 2.36. The van der Waals surface area contributed by atoms with Gasteiger partial charge in [0, 0.05) is 70.4 Å². The molecule has 468 valence electrons. The Morgan fingerprint density at radius 2 is 0.367 bits per heavy atom. The van der Waals surface area contributed by atoms with E-state index in [0.717, 1.165) is 56.9 Å². The summed E-state index contributed by atoms with van der Waals surface area (Å²) in [7, 11) is 4.25. The van der Waals surface area contributed by atoms with Crippen molar-refractivity contribution in [3.8, 4) is 66.8 Å². The minimum Gasteiger partial charge on any atom is -0.345 e. The first-order chi connectivity index (χ1) is 48.4. The topological polar surface area (TPSA) is 13.0 Å². The van der Waals surface area contributed by atoms with Gasteiger partial charge in [0.2, 0.25) is 0 Å². The highest BCUT2D eigenvalue weighted by Crippen LogP contribution is 2.43. The molecule has 4 heteroatoms. The number of fused-ring (bicyclic) bond motifs is 2. The summed E-state index contributed by atoms with van der Waals surface area (Å²) in [6.07, 6.45) is 0. The molecular formula is C94H72N4. The highest BCUT2D eigenvalue weighted by molar-refractivity contribution is 6.01. The third-order valence-corrected chi connectivity index (χ3v) is 18.6. The number of anilines is 10. The quantitative estimate of drug-likeness (QED) is 0.0956. The molecule has 16 aromatic rings. The highest BCUT2D eigenvalue weighted by atomic mass is 15.2. The van der Waals surface area contributed by atoms with Crippen LogP contribution in [0, 0.1) is 0 Å². The van der Waals surface area contributed by atoms with Crippen LogP contribution in [0.2, 0.25) is 0 Å². The molecule has 98 heavy (non-hydrogen) atoms. The van der Waals surface area contributed by atoms with E-state index in [1.165, 1.54) is 88.3 Å². The lowest BCUT2D eigenvalue weighted by Crippen LogP contribution is -2.10. The molecule has 16 aromatic carbocycles. The highest BCUT2D eigenvalue weighted by Gasteiger charge is 2.19. The van der Waals surface area contributed by atoms with Crippen molar-refractivity contribution in [1.29, 1.82) is 0 Å². The van der Waals surface area contributed by atoms with Gasteiger partial charge in [0.15, 0.2) is 0 Å². The summed E-state index contributed by atoms with van der Waals surface area (Å²) in [6.45, 7) is 0. The largest absolute Gasteiger partial charge is 0.345 e. The van der Waals surface area contributed by atoms with E-state index >= 15 is 0 Å². The third-order valence-electron chi connectivity index (χ3n) is 18.6. The van der Waals surface area contributed by atoms with E-state index in [1.54, 1.807) is 0 Å². The van der Waals surface area contributed by atoms with Crippen molar-refractivity contribution in [2.75, 3.05) is 33.7 Å². The second kappa shape index (κ2) is 28.4. The molecule has 0 N–H and O–H groups in total. The van der Waals surface area contributed by atoms with Crippen molar-refractivity contribution in [3.05, 3.63) is 400 Å². The minimum absolute atomic E-state index is 1.11. The van der Waals surface area contributed by atoms with Gasteiger partial charge in [-0.15, -0.1) is 0 Å². The van der Waals surface area contributed by atoms with Crippen LogP contribution in [-0.4, -0.2) is 14.1 Å². The normalized spacial score (nSPS) is 11.0. The van der Waals surface area contributed by atoms with Crippen LogP contribution in [0.5, 0.6) is 0 Å². The van der Waals surface area contributed by atoms with Crippen molar-refractivity contribution >= 4 is 78.4 Å². The predicted molar refractivity (Wildman–Crippen MR) is 419 cm³/mol. The van der Waals surface area contributed by atoms with Crippen molar-refractivity contribution in [3.63, 3.8) is 0 Å². The van der Waals surface area contributed by atoms with Crippen molar-refractivity contribution in [2.24, 2.45) is 0 Å². The van der Waals surface area contributed by atoms with Gasteiger partial charge in [0.05, 0.1) is 11.4 Å². The number of rotatable bonds is 16. The standard InChI is InChI=1S/2C47H36N2/c1-48(45-19-10-18-41(34-45)36-14-6-3-7-15-36)42-28-22-38(23-29-42)39-26-32-44(33-27-39)49(47-21-11-17-40-16-8-9-20-46(40)47)43-30-24-37(25-31-43)35-12-4-2-5-13-35;1-48(42-27-19-37(20-28-42)35-11-4-2-5-12-35)43-29-21-39(22-30-43)40-25-33-45(34-26-40)49(47-18-10-16-41-15-8-9-17-46(41)47)44-31-23-38(24-32-44)36-13-6-3-7-14-36/h2*2-34H,1H3. The maximum Gasteiger partial charge on any atom is 0.0540 e. The molecule has 0 aliphatic rings. The lowest BCUT2D eigenvalue weighted by molar-refractivity contribution is 1.21. The average molecular weight is 1260 g/mol. The van der Waals surface area contributed by atoms with Crippen molar-refractivity contribution < 1.29 is 0 Å². The van der Waals surface area contributed by atoms with Crippen LogP contribution < -0.4 is 19.6 Å². The fourth-order valence-electron chi connectivity index (χ4n) is 13.2.